The zero-order chi connectivity index (χ0) is 13.5. The zero-order valence-electron chi connectivity index (χ0n) is 11.4. The van der Waals surface area contributed by atoms with E-state index in [4.69, 9.17) is 0 Å². The molecule has 0 aliphatic carbocycles. The lowest BCUT2D eigenvalue weighted by atomic mass is 10.1. The average molecular weight is 250 g/mol. The van der Waals surface area contributed by atoms with E-state index in [1.165, 1.54) is 18.5 Å². The predicted molar refractivity (Wildman–Crippen MR) is 71.6 cm³/mol. The molecule has 1 rings (SSSR count). The minimum Gasteiger partial charge on any atom is -0.506 e. The van der Waals surface area contributed by atoms with Gasteiger partial charge in [-0.25, -0.2) is 0 Å². The molecule has 4 heteroatoms. The first kappa shape index (κ1) is 14.5. The van der Waals surface area contributed by atoms with E-state index in [9.17, 15) is 9.90 Å². The van der Waals surface area contributed by atoms with Gasteiger partial charge >= 0.3 is 0 Å². The molecule has 1 aromatic rings. The molecule has 4 nitrogen and oxygen atoms in total. The van der Waals surface area contributed by atoms with E-state index in [1.54, 1.807) is 0 Å². The highest BCUT2D eigenvalue weighted by Gasteiger charge is 2.20. The maximum Gasteiger partial charge on any atom is 0.255 e. The third kappa shape index (κ3) is 3.72. The minimum atomic E-state index is -0.0544. The maximum atomic E-state index is 12.4. The van der Waals surface area contributed by atoms with Crippen molar-refractivity contribution in [1.29, 1.82) is 0 Å². The van der Waals surface area contributed by atoms with Crippen molar-refractivity contribution in [2.45, 2.75) is 46.1 Å². The molecule has 0 aliphatic rings. The lowest BCUT2D eigenvalue weighted by Crippen LogP contribution is -2.39. The number of hydrogen-bond donors (Lipinski definition) is 1. The highest BCUT2D eigenvalue weighted by molar-refractivity contribution is 5.94. The number of carbonyl (C=O) groups excluding carboxylic acids is 1. The zero-order valence-corrected chi connectivity index (χ0v) is 11.4. The summed E-state index contributed by atoms with van der Waals surface area (Å²) in [5, 5.41) is 9.38. The van der Waals surface area contributed by atoms with Crippen molar-refractivity contribution in [2.24, 2.45) is 0 Å². The summed E-state index contributed by atoms with van der Waals surface area (Å²) in [6, 6.07) is 1.67. The van der Waals surface area contributed by atoms with Crippen LogP contribution in [0.25, 0.3) is 0 Å². The molecule has 0 spiro atoms. The molecule has 0 bridgehead atoms. The molecule has 0 saturated heterocycles. The molecular formula is C14H22N2O2. The van der Waals surface area contributed by atoms with Crippen molar-refractivity contribution >= 4 is 5.91 Å². The largest absolute Gasteiger partial charge is 0.506 e. The van der Waals surface area contributed by atoms with E-state index in [1.807, 2.05) is 11.8 Å². The molecule has 1 aromatic heterocycles. The maximum absolute atomic E-state index is 12.4. The number of amides is 1. The monoisotopic (exact) mass is 250 g/mol. The van der Waals surface area contributed by atoms with Crippen molar-refractivity contribution in [1.82, 2.24) is 9.88 Å². The average Bonchev–Trinajstić information content (AvgIpc) is 2.38. The van der Waals surface area contributed by atoms with Gasteiger partial charge in [-0.15, -0.1) is 0 Å². The molecule has 1 heterocycles. The van der Waals surface area contributed by atoms with Gasteiger partial charge in [0.05, 0.1) is 11.8 Å². The van der Waals surface area contributed by atoms with Crippen molar-refractivity contribution in [3.05, 3.63) is 24.0 Å². The Morgan fingerprint density at radius 2 is 2.17 bits per heavy atom. The smallest absolute Gasteiger partial charge is 0.255 e. The summed E-state index contributed by atoms with van der Waals surface area (Å²) < 4.78 is 0. The number of rotatable bonds is 6. The number of aromatic hydroxyl groups is 1. The van der Waals surface area contributed by atoms with Crippen LogP contribution in [0, 0.1) is 0 Å². The van der Waals surface area contributed by atoms with Gasteiger partial charge in [0.15, 0.2) is 0 Å². The van der Waals surface area contributed by atoms with Gasteiger partial charge in [0.1, 0.15) is 5.75 Å². The summed E-state index contributed by atoms with van der Waals surface area (Å²) >= 11 is 0. The summed E-state index contributed by atoms with van der Waals surface area (Å²) in [5.41, 5.74) is 0.450. The summed E-state index contributed by atoms with van der Waals surface area (Å²) in [4.78, 5) is 18.1. The second kappa shape index (κ2) is 6.99. The second-order valence-electron chi connectivity index (χ2n) is 4.54. The topological polar surface area (TPSA) is 53.4 Å². The minimum absolute atomic E-state index is 0.0282. The van der Waals surface area contributed by atoms with Gasteiger partial charge in [-0.2, -0.15) is 0 Å². The number of nitrogens with zero attached hydrogens (tertiary/aromatic N) is 2. The molecule has 100 valence electrons. The Bertz CT molecular complexity index is 393. The number of carbonyl (C=O) groups is 1. The van der Waals surface area contributed by atoms with Crippen LogP contribution < -0.4 is 0 Å². The van der Waals surface area contributed by atoms with Gasteiger partial charge in [-0.3, -0.25) is 9.78 Å². The molecule has 0 fully saturated rings. The fourth-order valence-corrected chi connectivity index (χ4v) is 1.78. The standard InChI is InChI=1S/C14H22N2O2/c1-4-6-7-16(11(3)5-2)14(18)12-8-13(17)10-15-9-12/h8-11,17H,4-7H2,1-3H3. The van der Waals surface area contributed by atoms with E-state index in [0.717, 1.165) is 25.8 Å². The summed E-state index contributed by atoms with van der Waals surface area (Å²) in [6.07, 6.45) is 5.79. The SMILES string of the molecule is CCCCN(C(=O)c1cncc(O)c1)C(C)CC. The van der Waals surface area contributed by atoms with Crippen molar-refractivity contribution in [3.63, 3.8) is 0 Å². The highest BCUT2D eigenvalue weighted by Crippen LogP contribution is 2.15. The number of pyridine rings is 1. The van der Waals surface area contributed by atoms with E-state index < -0.39 is 0 Å². The van der Waals surface area contributed by atoms with Gasteiger partial charge in [-0.1, -0.05) is 20.3 Å². The molecule has 1 N–H and O–H groups in total. The number of unbranched alkanes of at least 4 members (excludes halogenated alkanes) is 1. The Balaban J connectivity index is 2.87. The molecule has 0 aliphatic heterocycles. The molecule has 0 radical (unpaired) electrons. The summed E-state index contributed by atoms with van der Waals surface area (Å²) in [7, 11) is 0. The van der Waals surface area contributed by atoms with Gasteiger partial charge in [-0.05, 0) is 25.8 Å². The Morgan fingerprint density at radius 3 is 2.72 bits per heavy atom. The normalized spacial score (nSPS) is 12.2. The lowest BCUT2D eigenvalue weighted by Gasteiger charge is -2.28. The Morgan fingerprint density at radius 1 is 1.44 bits per heavy atom. The van der Waals surface area contributed by atoms with E-state index >= 15 is 0 Å². The van der Waals surface area contributed by atoms with Gasteiger partial charge in [0.25, 0.3) is 5.91 Å². The number of aromatic nitrogens is 1. The Kier molecular flexibility index (Phi) is 5.62. The molecule has 1 atom stereocenters. The first-order valence-corrected chi connectivity index (χ1v) is 6.55. The summed E-state index contributed by atoms with van der Waals surface area (Å²) in [6.45, 7) is 6.97. The predicted octanol–water partition coefficient (Wildman–Crippen LogP) is 2.83. The quantitative estimate of drug-likeness (QED) is 0.844. The molecule has 1 unspecified atom stereocenters. The molecule has 0 aromatic carbocycles. The van der Waals surface area contributed by atoms with Crippen molar-refractivity contribution in [3.8, 4) is 5.75 Å². The van der Waals surface area contributed by atoms with Crippen LogP contribution in [-0.2, 0) is 0 Å². The first-order valence-electron chi connectivity index (χ1n) is 6.55. The van der Waals surface area contributed by atoms with E-state index in [2.05, 4.69) is 18.8 Å². The Hall–Kier alpha value is -1.58. The van der Waals surface area contributed by atoms with Crippen molar-refractivity contribution in [2.75, 3.05) is 6.54 Å². The van der Waals surface area contributed by atoms with Crippen molar-refractivity contribution < 1.29 is 9.90 Å². The van der Waals surface area contributed by atoms with Crippen LogP contribution >= 0.6 is 0 Å². The van der Waals surface area contributed by atoms with E-state index in [0.29, 0.717) is 5.56 Å². The molecular weight excluding hydrogens is 228 g/mol. The van der Waals surface area contributed by atoms with Crippen LogP contribution in [-0.4, -0.2) is 33.5 Å². The van der Waals surface area contributed by atoms with Gasteiger partial charge in [0.2, 0.25) is 0 Å². The Labute approximate surface area is 109 Å². The fraction of sp³-hybridized carbons (Fsp3) is 0.571. The van der Waals surface area contributed by atoms with Crippen LogP contribution in [0.5, 0.6) is 5.75 Å². The number of hydrogen-bond acceptors (Lipinski definition) is 3. The van der Waals surface area contributed by atoms with Gasteiger partial charge in [0, 0.05) is 18.8 Å². The fourth-order valence-electron chi connectivity index (χ4n) is 1.78. The third-order valence-electron chi connectivity index (χ3n) is 3.11. The first-order chi connectivity index (χ1) is 8.60. The lowest BCUT2D eigenvalue weighted by molar-refractivity contribution is 0.0684. The van der Waals surface area contributed by atoms with Gasteiger partial charge < -0.3 is 10.0 Å². The molecule has 0 saturated carbocycles. The molecule has 1 amide bonds. The van der Waals surface area contributed by atoms with Crippen LogP contribution in [0.15, 0.2) is 18.5 Å². The van der Waals surface area contributed by atoms with E-state index in [-0.39, 0.29) is 17.7 Å². The summed E-state index contributed by atoms with van der Waals surface area (Å²) in [5.74, 6) is -0.0263. The van der Waals surface area contributed by atoms with Crippen LogP contribution in [0.1, 0.15) is 50.4 Å². The molecule has 18 heavy (non-hydrogen) atoms. The highest BCUT2D eigenvalue weighted by atomic mass is 16.3. The van der Waals surface area contributed by atoms with Crippen LogP contribution in [0.4, 0.5) is 0 Å². The third-order valence-corrected chi connectivity index (χ3v) is 3.11. The van der Waals surface area contributed by atoms with Crippen LogP contribution in [0.2, 0.25) is 0 Å². The second-order valence-corrected chi connectivity index (χ2v) is 4.54. The van der Waals surface area contributed by atoms with Crippen LogP contribution in [0.3, 0.4) is 0 Å².